The maximum absolute atomic E-state index is 11.6. The van der Waals surface area contributed by atoms with E-state index in [-0.39, 0.29) is 12.5 Å². The van der Waals surface area contributed by atoms with E-state index in [9.17, 15) is 4.79 Å². The summed E-state index contributed by atoms with van der Waals surface area (Å²) in [5.41, 5.74) is 3.18. The molecule has 1 amide bonds. The van der Waals surface area contributed by atoms with Gasteiger partial charge in [-0.25, -0.2) is 0 Å². The highest BCUT2D eigenvalue weighted by Crippen LogP contribution is 2.29. The number of amides is 1. The topological polar surface area (TPSA) is 50.4 Å². The van der Waals surface area contributed by atoms with E-state index in [2.05, 4.69) is 16.7 Å². The van der Waals surface area contributed by atoms with E-state index < -0.39 is 0 Å². The molecule has 2 N–H and O–H groups in total. The van der Waals surface area contributed by atoms with E-state index in [0.29, 0.717) is 6.61 Å². The molecule has 0 unspecified atom stereocenters. The quantitative estimate of drug-likeness (QED) is 0.838. The van der Waals surface area contributed by atoms with Crippen molar-refractivity contribution in [1.82, 2.24) is 0 Å². The fourth-order valence-corrected chi connectivity index (χ4v) is 1.99. The molecule has 0 saturated heterocycles. The minimum absolute atomic E-state index is 0.104. The van der Waals surface area contributed by atoms with Gasteiger partial charge in [0.1, 0.15) is 6.61 Å². The van der Waals surface area contributed by atoms with Crippen molar-refractivity contribution in [1.29, 1.82) is 0 Å². The van der Waals surface area contributed by atoms with Gasteiger partial charge in [0, 0.05) is 13.2 Å². The lowest BCUT2D eigenvalue weighted by molar-refractivity contribution is -0.120. The molecular formula is C13H18N2O2. The Morgan fingerprint density at radius 1 is 1.53 bits per heavy atom. The molecule has 0 aliphatic carbocycles. The summed E-state index contributed by atoms with van der Waals surface area (Å²) in [7, 11) is 0. The van der Waals surface area contributed by atoms with Crippen molar-refractivity contribution in [3.8, 4) is 0 Å². The van der Waals surface area contributed by atoms with E-state index in [1.807, 2.05) is 19.1 Å². The first-order valence-corrected chi connectivity index (χ1v) is 6.04. The number of hydrogen-bond donors (Lipinski definition) is 2. The summed E-state index contributed by atoms with van der Waals surface area (Å²) in [6.07, 6.45) is 2.21. The standard InChI is InChI=1S/C13H18N2O2/c1-2-17-9-12(16)15-11-7-3-5-10-6-4-8-14-13(10)11/h3,5,7,14H,2,4,6,8-9H2,1H3,(H,15,16). The Balaban J connectivity index is 2.08. The van der Waals surface area contributed by atoms with Crippen LogP contribution in [0.4, 0.5) is 11.4 Å². The summed E-state index contributed by atoms with van der Waals surface area (Å²) in [4.78, 5) is 11.6. The van der Waals surface area contributed by atoms with Gasteiger partial charge in [0.05, 0.1) is 11.4 Å². The first kappa shape index (κ1) is 11.9. The van der Waals surface area contributed by atoms with Gasteiger partial charge in [0.2, 0.25) is 5.91 Å². The highest BCUT2D eigenvalue weighted by molar-refractivity contribution is 5.95. The first-order valence-electron chi connectivity index (χ1n) is 6.04. The van der Waals surface area contributed by atoms with Crippen molar-refractivity contribution < 1.29 is 9.53 Å². The molecule has 0 fully saturated rings. The number of ether oxygens (including phenoxy) is 1. The van der Waals surface area contributed by atoms with Crippen LogP contribution in [-0.4, -0.2) is 25.7 Å². The van der Waals surface area contributed by atoms with Crippen molar-refractivity contribution in [2.24, 2.45) is 0 Å². The summed E-state index contributed by atoms with van der Waals surface area (Å²) < 4.78 is 5.08. The Hall–Kier alpha value is -1.55. The van der Waals surface area contributed by atoms with Crippen molar-refractivity contribution in [3.63, 3.8) is 0 Å². The van der Waals surface area contributed by atoms with Gasteiger partial charge in [-0.1, -0.05) is 12.1 Å². The number of aryl methyl sites for hydroxylation is 1. The Bertz CT molecular complexity index is 404. The van der Waals surface area contributed by atoms with E-state index in [4.69, 9.17) is 4.74 Å². The molecule has 1 aliphatic rings. The molecule has 4 heteroatoms. The van der Waals surface area contributed by atoms with Gasteiger partial charge in [-0.2, -0.15) is 0 Å². The average molecular weight is 234 g/mol. The maximum Gasteiger partial charge on any atom is 0.250 e. The molecular weight excluding hydrogens is 216 g/mol. The number of benzene rings is 1. The van der Waals surface area contributed by atoms with E-state index in [1.165, 1.54) is 5.56 Å². The molecule has 0 radical (unpaired) electrons. The Labute approximate surface area is 101 Å². The van der Waals surface area contributed by atoms with Crippen LogP contribution in [0.5, 0.6) is 0 Å². The van der Waals surface area contributed by atoms with E-state index in [0.717, 1.165) is 30.8 Å². The number of rotatable bonds is 4. The Kier molecular flexibility index (Phi) is 3.98. The maximum atomic E-state index is 11.6. The van der Waals surface area contributed by atoms with Crippen LogP contribution in [0, 0.1) is 0 Å². The number of anilines is 2. The lowest BCUT2D eigenvalue weighted by Crippen LogP contribution is -2.21. The molecule has 1 aromatic rings. The summed E-state index contributed by atoms with van der Waals surface area (Å²) in [5.74, 6) is -0.104. The van der Waals surface area contributed by atoms with Gasteiger partial charge in [0.25, 0.3) is 0 Å². The average Bonchev–Trinajstić information content (AvgIpc) is 2.37. The van der Waals surface area contributed by atoms with Crippen LogP contribution in [0.3, 0.4) is 0 Å². The molecule has 1 aliphatic heterocycles. The molecule has 1 heterocycles. The molecule has 0 spiro atoms. The monoisotopic (exact) mass is 234 g/mol. The van der Waals surface area contributed by atoms with Gasteiger partial charge >= 0.3 is 0 Å². The minimum atomic E-state index is -0.104. The van der Waals surface area contributed by atoms with Crippen LogP contribution in [0.15, 0.2) is 18.2 Å². The number of carbonyl (C=O) groups is 1. The zero-order valence-electron chi connectivity index (χ0n) is 10.1. The van der Waals surface area contributed by atoms with Crippen molar-refractivity contribution >= 4 is 17.3 Å². The van der Waals surface area contributed by atoms with E-state index in [1.54, 1.807) is 0 Å². The molecule has 0 aromatic heterocycles. The lowest BCUT2D eigenvalue weighted by atomic mass is 10.0. The Morgan fingerprint density at radius 3 is 3.24 bits per heavy atom. The van der Waals surface area contributed by atoms with Crippen molar-refractivity contribution in [2.75, 3.05) is 30.4 Å². The molecule has 2 rings (SSSR count). The first-order chi connectivity index (χ1) is 8.31. The lowest BCUT2D eigenvalue weighted by Gasteiger charge is -2.21. The van der Waals surface area contributed by atoms with Gasteiger partial charge in [-0.3, -0.25) is 4.79 Å². The predicted octanol–water partition coefficient (Wildman–Crippen LogP) is 2.02. The normalized spacial score (nSPS) is 13.7. The smallest absolute Gasteiger partial charge is 0.250 e. The summed E-state index contributed by atoms with van der Waals surface area (Å²) in [5, 5.41) is 6.22. The fraction of sp³-hybridized carbons (Fsp3) is 0.462. The number of carbonyl (C=O) groups excluding carboxylic acids is 1. The summed E-state index contributed by atoms with van der Waals surface area (Å²) in [6.45, 7) is 3.50. The summed E-state index contributed by atoms with van der Waals surface area (Å²) >= 11 is 0. The van der Waals surface area contributed by atoms with Crippen LogP contribution >= 0.6 is 0 Å². The third kappa shape index (κ3) is 2.97. The molecule has 0 atom stereocenters. The number of hydrogen-bond acceptors (Lipinski definition) is 3. The zero-order chi connectivity index (χ0) is 12.1. The SMILES string of the molecule is CCOCC(=O)Nc1cccc2c1NCCC2. The molecule has 0 saturated carbocycles. The number of nitrogens with one attached hydrogen (secondary N) is 2. The van der Waals surface area contributed by atoms with Gasteiger partial charge in [-0.15, -0.1) is 0 Å². The predicted molar refractivity (Wildman–Crippen MR) is 68.4 cm³/mol. The third-order valence-electron chi connectivity index (χ3n) is 2.79. The summed E-state index contributed by atoms with van der Waals surface area (Å²) in [6, 6.07) is 5.99. The van der Waals surface area contributed by atoms with Crippen molar-refractivity contribution in [3.05, 3.63) is 23.8 Å². The Morgan fingerprint density at radius 2 is 2.41 bits per heavy atom. The van der Waals surface area contributed by atoms with Crippen LogP contribution < -0.4 is 10.6 Å². The molecule has 17 heavy (non-hydrogen) atoms. The molecule has 0 bridgehead atoms. The van der Waals surface area contributed by atoms with Crippen LogP contribution in [0.1, 0.15) is 18.9 Å². The number of fused-ring (bicyclic) bond motifs is 1. The zero-order valence-corrected chi connectivity index (χ0v) is 10.1. The molecule has 92 valence electrons. The minimum Gasteiger partial charge on any atom is -0.383 e. The second-order valence-corrected chi connectivity index (χ2v) is 4.06. The molecule has 1 aromatic carbocycles. The highest BCUT2D eigenvalue weighted by Gasteiger charge is 2.13. The number of para-hydroxylation sites is 1. The second-order valence-electron chi connectivity index (χ2n) is 4.06. The fourth-order valence-electron chi connectivity index (χ4n) is 1.99. The largest absolute Gasteiger partial charge is 0.383 e. The van der Waals surface area contributed by atoms with Gasteiger partial charge < -0.3 is 15.4 Å². The second kappa shape index (κ2) is 5.68. The highest BCUT2D eigenvalue weighted by atomic mass is 16.5. The van der Waals surface area contributed by atoms with Crippen LogP contribution in [-0.2, 0) is 16.0 Å². The van der Waals surface area contributed by atoms with Crippen LogP contribution in [0.2, 0.25) is 0 Å². The van der Waals surface area contributed by atoms with Gasteiger partial charge in [-0.05, 0) is 31.4 Å². The van der Waals surface area contributed by atoms with Gasteiger partial charge in [0.15, 0.2) is 0 Å². The van der Waals surface area contributed by atoms with Crippen LogP contribution in [0.25, 0.3) is 0 Å². The third-order valence-corrected chi connectivity index (χ3v) is 2.79. The van der Waals surface area contributed by atoms with E-state index >= 15 is 0 Å². The molecule has 4 nitrogen and oxygen atoms in total. The van der Waals surface area contributed by atoms with Crippen molar-refractivity contribution in [2.45, 2.75) is 19.8 Å².